The van der Waals surface area contributed by atoms with E-state index in [2.05, 4.69) is 50.4 Å². The summed E-state index contributed by atoms with van der Waals surface area (Å²) in [5.41, 5.74) is 3.30. The van der Waals surface area contributed by atoms with Crippen LogP contribution < -0.4 is 5.32 Å². The van der Waals surface area contributed by atoms with Crippen LogP contribution in [0.4, 0.5) is 19.0 Å². The number of nitrogens with zero attached hydrogens (tertiary/aromatic N) is 6. The van der Waals surface area contributed by atoms with E-state index in [-0.39, 0.29) is 48.4 Å². The van der Waals surface area contributed by atoms with Crippen molar-refractivity contribution in [3.8, 4) is 0 Å². The number of carbonyl (C=O) groups is 1. The number of imidazole rings is 1. The fourth-order valence-corrected chi connectivity index (χ4v) is 6.31. The van der Waals surface area contributed by atoms with Crippen LogP contribution in [0.25, 0.3) is 16.7 Å². The van der Waals surface area contributed by atoms with Gasteiger partial charge in [0.1, 0.15) is 11.5 Å². The van der Waals surface area contributed by atoms with E-state index in [1.165, 1.54) is 0 Å². The molecule has 2 aliphatic rings. The van der Waals surface area contributed by atoms with Crippen molar-refractivity contribution in [1.29, 1.82) is 0 Å². The Morgan fingerprint density at radius 2 is 1.75 bits per heavy atom. The Kier molecular flexibility index (Phi) is 9.34. The van der Waals surface area contributed by atoms with Gasteiger partial charge in [0.2, 0.25) is 5.92 Å². The second-order valence-electron chi connectivity index (χ2n) is 12.1. The lowest BCUT2D eigenvalue weighted by Gasteiger charge is -2.37. The minimum absolute atomic E-state index is 0.0626. The molecule has 1 aliphatic carbocycles. The fraction of sp³-hybridized carbons (Fsp3) is 0.485. The molecule has 2 fully saturated rings. The number of hydrogen-bond donors (Lipinski definition) is 1. The van der Waals surface area contributed by atoms with Gasteiger partial charge in [-0.1, -0.05) is 6.07 Å². The number of pyridine rings is 1. The van der Waals surface area contributed by atoms with Gasteiger partial charge in [0, 0.05) is 49.6 Å². The Labute approximate surface area is 256 Å². The Hall–Kier alpha value is -3.86. The first kappa shape index (κ1) is 31.6. The van der Waals surface area contributed by atoms with Gasteiger partial charge in [-0.2, -0.15) is 0 Å². The maximum absolute atomic E-state index is 15.3. The van der Waals surface area contributed by atoms with E-state index in [1.54, 1.807) is 30.0 Å². The topological polar surface area (TPSA) is 87.8 Å². The molecular weight excluding hydrogens is 567 g/mol. The van der Waals surface area contributed by atoms with Crippen LogP contribution in [0.3, 0.4) is 0 Å². The molecule has 8 nitrogen and oxygen atoms in total. The third-order valence-corrected chi connectivity index (χ3v) is 8.62. The number of fused-ring (bicyclic) bond motifs is 1. The van der Waals surface area contributed by atoms with Crippen molar-refractivity contribution in [3.05, 3.63) is 58.8 Å². The number of nitrogens with one attached hydrogen (secondary N) is 1. The standard InChI is InChI=1S/C33H40F3N7O/c1-20(2)43-22(4)40-28-8-6-23(18-29(28)43)31(37-5)27(34)19-38-30-9-7-26(21(3)39-30)32(44)42-16-12-25(13-17-42)41-24-10-14-33(35,36)15-11-24/h6-9,18-20,24-25,41H,5,10-17H2,1-4H3/b31-27+,38-19?. The number of aromatic nitrogens is 3. The van der Waals surface area contributed by atoms with Gasteiger partial charge in [-0.15, -0.1) is 0 Å². The van der Waals surface area contributed by atoms with Crippen molar-refractivity contribution >= 4 is 41.4 Å². The highest BCUT2D eigenvalue weighted by Gasteiger charge is 2.36. The van der Waals surface area contributed by atoms with Crippen LogP contribution in [-0.2, 0) is 0 Å². The maximum Gasteiger partial charge on any atom is 0.255 e. The molecule has 2 aromatic heterocycles. The molecule has 1 N–H and O–H groups in total. The maximum atomic E-state index is 15.3. The van der Waals surface area contributed by atoms with Crippen molar-refractivity contribution in [2.45, 2.75) is 90.3 Å². The largest absolute Gasteiger partial charge is 0.338 e. The highest BCUT2D eigenvalue weighted by atomic mass is 19.3. The van der Waals surface area contributed by atoms with Gasteiger partial charge < -0.3 is 14.8 Å². The molecule has 1 saturated heterocycles. The molecule has 5 rings (SSSR count). The quantitative estimate of drug-likeness (QED) is 0.276. The van der Waals surface area contributed by atoms with E-state index in [9.17, 15) is 13.6 Å². The van der Waals surface area contributed by atoms with Gasteiger partial charge in [-0.3, -0.25) is 9.79 Å². The van der Waals surface area contributed by atoms with Crippen molar-refractivity contribution in [1.82, 2.24) is 24.8 Å². The SMILES string of the molecule is C=N/C(=C(/F)C=Nc1ccc(C(=O)N2CCC(NC3CCC(F)(F)CC3)CC2)c(C)n1)c1ccc2nc(C)n(C(C)C)c2c1. The van der Waals surface area contributed by atoms with E-state index in [4.69, 9.17) is 0 Å². The van der Waals surface area contributed by atoms with E-state index < -0.39 is 11.7 Å². The average molecular weight is 608 g/mol. The molecule has 234 valence electrons. The number of hydrogen-bond acceptors (Lipinski definition) is 6. The average Bonchev–Trinajstić information content (AvgIpc) is 3.33. The summed E-state index contributed by atoms with van der Waals surface area (Å²) in [4.78, 5) is 32.2. The Morgan fingerprint density at radius 1 is 1.07 bits per heavy atom. The zero-order valence-corrected chi connectivity index (χ0v) is 25.8. The number of halogens is 3. The highest BCUT2D eigenvalue weighted by Crippen LogP contribution is 2.33. The number of piperidine rings is 1. The van der Waals surface area contributed by atoms with Crippen molar-refractivity contribution in [2.75, 3.05) is 13.1 Å². The summed E-state index contributed by atoms with van der Waals surface area (Å²) in [6.07, 6.45) is 3.44. The van der Waals surface area contributed by atoms with Crippen LogP contribution >= 0.6 is 0 Å². The van der Waals surface area contributed by atoms with Gasteiger partial charge in [0.25, 0.3) is 5.91 Å². The molecule has 3 heterocycles. The number of amides is 1. The van der Waals surface area contributed by atoms with Crippen LogP contribution in [-0.4, -0.2) is 69.4 Å². The molecule has 44 heavy (non-hydrogen) atoms. The summed E-state index contributed by atoms with van der Waals surface area (Å²) in [5, 5.41) is 3.53. The van der Waals surface area contributed by atoms with Crippen molar-refractivity contribution in [3.63, 3.8) is 0 Å². The molecule has 1 amide bonds. The molecule has 0 bridgehead atoms. The van der Waals surface area contributed by atoms with Crippen LogP contribution in [0, 0.1) is 13.8 Å². The molecule has 0 spiro atoms. The zero-order valence-electron chi connectivity index (χ0n) is 25.8. The van der Waals surface area contributed by atoms with Gasteiger partial charge in [-0.25, -0.2) is 28.1 Å². The lowest BCUT2D eigenvalue weighted by molar-refractivity contribution is -0.0417. The number of aliphatic imine (C=N–C) groups is 2. The lowest BCUT2D eigenvalue weighted by Crippen LogP contribution is -2.49. The third-order valence-electron chi connectivity index (χ3n) is 8.62. The molecule has 1 aromatic carbocycles. The number of likely N-dealkylation sites (tertiary alicyclic amines) is 1. The molecule has 1 saturated carbocycles. The first-order valence-corrected chi connectivity index (χ1v) is 15.3. The summed E-state index contributed by atoms with van der Waals surface area (Å²) in [6, 6.07) is 9.23. The number of aryl methyl sites for hydroxylation is 2. The van der Waals surface area contributed by atoms with Gasteiger partial charge >= 0.3 is 0 Å². The molecule has 0 atom stereocenters. The summed E-state index contributed by atoms with van der Waals surface area (Å²) in [7, 11) is 0. The van der Waals surface area contributed by atoms with Gasteiger partial charge in [-0.05, 0) is 84.4 Å². The van der Waals surface area contributed by atoms with E-state index in [0.717, 1.165) is 35.9 Å². The summed E-state index contributed by atoms with van der Waals surface area (Å²) in [5.74, 6) is -2.17. The Bertz CT molecular complexity index is 1590. The minimum Gasteiger partial charge on any atom is -0.338 e. The Morgan fingerprint density at radius 3 is 2.39 bits per heavy atom. The van der Waals surface area contributed by atoms with E-state index >= 15 is 4.39 Å². The van der Waals surface area contributed by atoms with Gasteiger partial charge in [0.05, 0.1) is 28.5 Å². The predicted octanol–water partition coefficient (Wildman–Crippen LogP) is 7.14. The number of allylic oxidation sites excluding steroid dienone is 1. The van der Waals surface area contributed by atoms with Crippen molar-refractivity contribution in [2.24, 2.45) is 9.98 Å². The smallest absolute Gasteiger partial charge is 0.255 e. The number of carbonyl (C=O) groups excluding carboxylic acids is 1. The van der Waals surface area contributed by atoms with Gasteiger partial charge in [0.15, 0.2) is 11.6 Å². The number of alkyl halides is 2. The minimum atomic E-state index is -2.54. The predicted molar refractivity (Wildman–Crippen MR) is 169 cm³/mol. The zero-order chi connectivity index (χ0) is 31.6. The molecule has 3 aromatic rings. The van der Waals surface area contributed by atoms with Crippen LogP contribution in [0.5, 0.6) is 0 Å². The molecular formula is C33H40F3N7O. The summed E-state index contributed by atoms with van der Waals surface area (Å²) < 4.78 is 44.3. The van der Waals surface area contributed by atoms with Crippen LogP contribution in [0.2, 0.25) is 0 Å². The first-order valence-electron chi connectivity index (χ1n) is 15.3. The Balaban J connectivity index is 1.23. The molecule has 11 heteroatoms. The molecule has 0 unspecified atom stereocenters. The van der Waals surface area contributed by atoms with Crippen LogP contribution in [0.1, 0.15) is 85.9 Å². The number of benzene rings is 1. The fourth-order valence-electron chi connectivity index (χ4n) is 6.31. The summed E-state index contributed by atoms with van der Waals surface area (Å²) in [6.45, 7) is 12.5. The van der Waals surface area contributed by atoms with Crippen LogP contribution in [0.15, 0.2) is 46.1 Å². The normalized spacial score (nSPS) is 18.8. The molecule has 0 radical (unpaired) electrons. The van der Waals surface area contributed by atoms with Crippen molar-refractivity contribution < 1.29 is 18.0 Å². The second-order valence-corrected chi connectivity index (χ2v) is 12.1. The lowest BCUT2D eigenvalue weighted by atomic mass is 9.91. The molecule has 1 aliphatic heterocycles. The monoisotopic (exact) mass is 607 g/mol. The van der Waals surface area contributed by atoms with E-state index in [1.807, 2.05) is 19.1 Å². The summed E-state index contributed by atoms with van der Waals surface area (Å²) >= 11 is 0. The second kappa shape index (κ2) is 13.0. The van der Waals surface area contributed by atoms with E-state index in [0.29, 0.717) is 42.8 Å². The highest BCUT2D eigenvalue weighted by molar-refractivity contribution is 5.96. The number of rotatable bonds is 8. The third kappa shape index (κ3) is 6.93. The first-order chi connectivity index (χ1) is 21.0.